The minimum absolute atomic E-state index is 0.192. The molecule has 1 aliphatic rings. The Morgan fingerprint density at radius 1 is 1.40 bits per heavy atom. The van der Waals surface area contributed by atoms with Crippen LogP contribution >= 0.6 is 15.9 Å². The summed E-state index contributed by atoms with van der Waals surface area (Å²) in [6, 6.07) is 9.32. The van der Waals surface area contributed by atoms with Gasteiger partial charge < -0.3 is 9.47 Å². The smallest absolute Gasteiger partial charge is 0.339 e. The van der Waals surface area contributed by atoms with Gasteiger partial charge in [-0.15, -0.1) is 0 Å². The molecule has 3 heterocycles. The van der Waals surface area contributed by atoms with Crippen LogP contribution in [0.2, 0.25) is 0 Å². The Balaban J connectivity index is 1.53. The van der Waals surface area contributed by atoms with Crippen LogP contribution in [-0.2, 0) is 11.2 Å². The van der Waals surface area contributed by atoms with Crippen LogP contribution in [0.3, 0.4) is 0 Å². The zero-order valence-electron chi connectivity index (χ0n) is 13.5. The van der Waals surface area contributed by atoms with E-state index in [-0.39, 0.29) is 12.7 Å². The van der Waals surface area contributed by atoms with Crippen molar-refractivity contribution in [3.8, 4) is 5.75 Å². The van der Waals surface area contributed by atoms with Crippen LogP contribution in [0.5, 0.6) is 5.75 Å². The lowest BCUT2D eigenvalue weighted by Crippen LogP contribution is -2.23. The van der Waals surface area contributed by atoms with Crippen molar-refractivity contribution in [2.24, 2.45) is 0 Å². The van der Waals surface area contributed by atoms with Gasteiger partial charge in [0.25, 0.3) is 0 Å². The molecule has 0 unspecified atom stereocenters. The average molecular weight is 399 g/mol. The summed E-state index contributed by atoms with van der Waals surface area (Å²) in [7, 11) is 0. The number of aromatic nitrogens is 2. The molecule has 3 aromatic rings. The third kappa shape index (κ3) is 3.09. The molecule has 0 amide bonds. The minimum Gasteiger partial charge on any atom is -0.485 e. The first-order valence-electron chi connectivity index (χ1n) is 7.94. The van der Waals surface area contributed by atoms with Crippen LogP contribution in [-0.4, -0.2) is 28.6 Å². The molecule has 0 N–H and O–H groups in total. The number of hydrogen-bond donors (Lipinski definition) is 0. The molecular formula is C19H15BrN2O3. The fourth-order valence-electron chi connectivity index (χ4n) is 3.00. The summed E-state index contributed by atoms with van der Waals surface area (Å²) in [6.07, 6.45) is 3.58. The Kier molecular flexibility index (Phi) is 4.13. The summed E-state index contributed by atoms with van der Waals surface area (Å²) >= 11 is 3.49. The predicted octanol–water partition coefficient (Wildman–Crippen LogP) is 3.86. The second kappa shape index (κ2) is 6.44. The molecule has 6 heteroatoms. The number of carbonyl (C=O) groups excluding carboxylic acids is 1. The Bertz CT molecular complexity index is 960. The number of aryl methyl sites for hydroxylation is 1. The molecule has 0 bridgehead atoms. The highest BCUT2D eigenvalue weighted by Crippen LogP contribution is 2.38. The van der Waals surface area contributed by atoms with Crippen LogP contribution in [0.15, 0.2) is 47.2 Å². The molecule has 0 saturated heterocycles. The molecule has 126 valence electrons. The van der Waals surface area contributed by atoms with Crippen LogP contribution in [0, 0.1) is 6.92 Å². The number of rotatable bonds is 3. The normalized spacial score (nSPS) is 15.7. The maximum atomic E-state index is 12.1. The number of benzene rings is 1. The number of carbonyl (C=O) groups is 1. The van der Waals surface area contributed by atoms with Crippen molar-refractivity contribution in [3.05, 3.63) is 64.0 Å². The highest BCUT2D eigenvalue weighted by molar-refractivity contribution is 9.10. The van der Waals surface area contributed by atoms with Gasteiger partial charge in [-0.1, -0.05) is 15.9 Å². The van der Waals surface area contributed by atoms with Crippen LogP contribution in [0.1, 0.15) is 21.6 Å². The molecule has 0 fully saturated rings. The van der Waals surface area contributed by atoms with E-state index in [9.17, 15) is 4.79 Å². The molecule has 2 aromatic heterocycles. The summed E-state index contributed by atoms with van der Waals surface area (Å²) in [5, 5.41) is 0.969. The maximum Gasteiger partial charge on any atom is 0.339 e. The van der Waals surface area contributed by atoms with Gasteiger partial charge in [-0.3, -0.25) is 9.97 Å². The lowest BCUT2D eigenvalue weighted by molar-refractivity contribution is 0.0348. The quantitative estimate of drug-likeness (QED) is 0.626. The van der Waals surface area contributed by atoms with Gasteiger partial charge in [0.15, 0.2) is 0 Å². The molecular weight excluding hydrogens is 384 g/mol. The van der Waals surface area contributed by atoms with Crippen molar-refractivity contribution in [1.82, 2.24) is 9.97 Å². The molecule has 1 aromatic carbocycles. The van der Waals surface area contributed by atoms with Gasteiger partial charge >= 0.3 is 5.97 Å². The summed E-state index contributed by atoms with van der Waals surface area (Å²) in [5.74, 6) is 0.446. The molecule has 0 spiro atoms. The number of pyridine rings is 2. The number of esters is 1. The predicted molar refractivity (Wildman–Crippen MR) is 96.8 cm³/mol. The number of fused-ring (bicyclic) bond motifs is 3. The molecule has 1 atom stereocenters. The van der Waals surface area contributed by atoms with E-state index in [4.69, 9.17) is 9.47 Å². The SMILES string of the molecule is Cc1nc2ccc(Br)cc2c2c1C[C@H](COC(=O)c1cccnc1)O2. The van der Waals surface area contributed by atoms with E-state index in [1.54, 1.807) is 18.3 Å². The summed E-state index contributed by atoms with van der Waals surface area (Å²) < 4.78 is 12.4. The summed E-state index contributed by atoms with van der Waals surface area (Å²) in [6.45, 7) is 2.17. The summed E-state index contributed by atoms with van der Waals surface area (Å²) in [4.78, 5) is 20.6. The Labute approximate surface area is 153 Å². The van der Waals surface area contributed by atoms with Gasteiger partial charge in [-0.05, 0) is 37.3 Å². The van der Waals surface area contributed by atoms with Crippen molar-refractivity contribution in [3.63, 3.8) is 0 Å². The standard InChI is InChI=1S/C19H15BrN2O3/c1-11-15-8-14(10-24-19(23)12-3-2-6-21-9-12)25-18(15)16-7-13(20)4-5-17(16)22-11/h2-7,9,14H,8,10H2,1H3/t14-/m1/s1. The van der Waals surface area contributed by atoms with E-state index in [1.165, 1.54) is 6.20 Å². The van der Waals surface area contributed by atoms with Crippen LogP contribution in [0.4, 0.5) is 0 Å². The van der Waals surface area contributed by atoms with Crippen molar-refractivity contribution in [2.45, 2.75) is 19.4 Å². The van der Waals surface area contributed by atoms with Crippen molar-refractivity contribution >= 4 is 32.8 Å². The van der Waals surface area contributed by atoms with Crippen molar-refractivity contribution in [2.75, 3.05) is 6.61 Å². The molecule has 5 nitrogen and oxygen atoms in total. The third-order valence-electron chi connectivity index (χ3n) is 4.22. The van der Waals surface area contributed by atoms with E-state index in [0.29, 0.717) is 12.0 Å². The van der Waals surface area contributed by atoms with E-state index in [2.05, 4.69) is 25.9 Å². The van der Waals surface area contributed by atoms with Gasteiger partial charge in [-0.25, -0.2) is 4.79 Å². The van der Waals surface area contributed by atoms with Gasteiger partial charge in [0.2, 0.25) is 0 Å². The Morgan fingerprint density at radius 2 is 2.28 bits per heavy atom. The monoisotopic (exact) mass is 398 g/mol. The first-order valence-corrected chi connectivity index (χ1v) is 8.73. The molecule has 0 saturated carbocycles. The van der Waals surface area contributed by atoms with Crippen molar-refractivity contribution < 1.29 is 14.3 Å². The molecule has 0 radical (unpaired) electrons. The maximum absolute atomic E-state index is 12.1. The highest BCUT2D eigenvalue weighted by atomic mass is 79.9. The zero-order valence-corrected chi connectivity index (χ0v) is 15.1. The number of ether oxygens (including phenoxy) is 2. The lowest BCUT2D eigenvalue weighted by atomic mass is 10.1. The fraction of sp³-hybridized carbons (Fsp3) is 0.211. The van der Waals surface area contributed by atoms with Crippen LogP contribution in [0.25, 0.3) is 10.9 Å². The first kappa shape index (κ1) is 16.0. The van der Waals surface area contributed by atoms with Gasteiger partial charge in [0, 0.05) is 39.9 Å². The van der Waals surface area contributed by atoms with E-state index >= 15 is 0 Å². The van der Waals surface area contributed by atoms with E-state index < -0.39 is 5.97 Å². The van der Waals surface area contributed by atoms with Crippen LogP contribution < -0.4 is 4.74 Å². The highest BCUT2D eigenvalue weighted by Gasteiger charge is 2.28. The number of hydrogen-bond acceptors (Lipinski definition) is 5. The van der Waals surface area contributed by atoms with Gasteiger partial charge in [0.05, 0.1) is 11.1 Å². The fourth-order valence-corrected chi connectivity index (χ4v) is 3.36. The minimum atomic E-state index is -0.393. The zero-order chi connectivity index (χ0) is 17.4. The van der Waals surface area contributed by atoms with Gasteiger partial charge in [0.1, 0.15) is 18.5 Å². The third-order valence-corrected chi connectivity index (χ3v) is 4.71. The van der Waals surface area contributed by atoms with E-state index in [0.717, 1.165) is 32.4 Å². The molecule has 4 rings (SSSR count). The van der Waals surface area contributed by atoms with Crippen molar-refractivity contribution in [1.29, 1.82) is 0 Å². The second-order valence-corrected chi connectivity index (χ2v) is 6.87. The molecule has 1 aliphatic heterocycles. The second-order valence-electron chi connectivity index (χ2n) is 5.95. The molecule has 25 heavy (non-hydrogen) atoms. The number of nitrogens with zero attached hydrogens (tertiary/aromatic N) is 2. The first-order chi connectivity index (χ1) is 12.1. The largest absolute Gasteiger partial charge is 0.485 e. The Morgan fingerprint density at radius 3 is 3.08 bits per heavy atom. The van der Waals surface area contributed by atoms with Gasteiger partial charge in [-0.2, -0.15) is 0 Å². The number of halogens is 1. The molecule has 0 aliphatic carbocycles. The lowest BCUT2D eigenvalue weighted by Gasteiger charge is -2.12. The topological polar surface area (TPSA) is 61.3 Å². The Hall–Kier alpha value is -2.47. The van der Waals surface area contributed by atoms with E-state index in [1.807, 2.05) is 25.1 Å². The average Bonchev–Trinajstić information content (AvgIpc) is 3.06. The summed E-state index contributed by atoms with van der Waals surface area (Å²) in [5.41, 5.74) is 3.36.